The van der Waals surface area contributed by atoms with Gasteiger partial charge in [0.05, 0.1) is 5.56 Å². The SMILES string of the molecule is NCCCN(CCc1cccc(C(F)(F)F)c1)C(=O)O. The maximum atomic E-state index is 12.5. The highest BCUT2D eigenvalue weighted by Crippen LogP contribution is 2.29. The van der Waals surface area contributed by atoms with Crippen LogP contribution in [0.5, 0.6) is 0 Å². The summed E-state index contributed by atoms with van der Waals surface area (Å²) >= 11 is 0. The number of rotatable bonds is 6. The van der Waals surface area contributed by atoms with Gasteiger partial charge in [0.25, 0.3) is 0 Å². The van der Waals surface area contributed by atoms with Crippen molar-refractivity contribution in [3.8, 4) is 0 Å². The van der Waals surface area contributed by atoms with Gasteiger partial charge in [-0.25, -0.2) is 4.79 Å². The minimum Gasteiger partial charge on any atom is -0.465 e. The van der Waals surface area contributed by atoms with Gasteiger partial charge in [0.1, 0.15) is 0 Å². The van der Waals surface area contributed by atoms with Gasteiger partial charge in [-0.1, -0.05) is 18.2 Å². The van der Waals surface area contributed by atoms with E-state index >= 15 is 0 Å². The van der Waals surface area contributed by atoms with Gasteiger partial charge in [-0.2, -0.15) is 13.2 Å². The Morgan fingerprint density at radius 2 is 2.00 bits per heavy atom. The fourth-order valence-electron chi connectivity index (χ4n) is 1.75. The van der Waals surface area contributed by atoms with E-state index < -0.39 is 17.8 Å². The third-order valence-corrected chi connectivity index (χ3v) is 2.83. The molecule has 1 amide bonds. The van der Waals surface area contributed by atoms with E-state index in [1.165, 1.54) is 6.07 Å². The Morgan fingerprint density at radius 3 is 2.55 bits per heavy atom. The molecule has 0 saturated heterocycles. The van der Waals surface area contributed by atoms with Gasteiger partial charge >= 0.3 is 12.3 Å². The van der Waals surface area contributed by atoms with Crippen LogP contribution in [0.3, 0.4) is 0 Å². The van der Waals surface area contributed by atoms with Crippen molar-refractivity contribution in [2.45, 2.75) is 19.0 Å². The highest BCUT2D eigenvalue weighted by molar-refractivity contribution is 5.64. The summed E-state index contributed by atoms with van der Waals surface area (Å²) in [5.74, 6) is 0. The Morgan fingerprint density at radius 1 is 1.30 bits per heavy atom. The predicted octanol–water partition coefficient (Wildman–Crippen LogP) is 2.58. The molecule has 1 aromatic rings. The molecule has 0 aromatic heterocycles. The molecular formula is C13H17F3N2O2. The first-order chi connectivity index (χ1) is 9.34. The molecule has 0 aliphatic rings. The number of nitrogens with zero attached hydrogens (tertiary/aromatic N) is 1. The highest BCUT2D eigenvalue weighted by Gasteiger charge is 2.30. The quantitative estimate of drug-likeness (QED) is 0.846. The normalized spacial score (nSPS) is 11.4. The van der Waals surface area contributed by atoms with E-state index in [-0.39, 0.29) is 19.5 Å². The Balaban J connectivity index is 2.66. The summed E-state index contributed by atoms with van der Waals surface area (Å²) in [6.45, 7) is 0.800. The number of hydrogen-bond donors (Lipinski definition) is 2. The second kappa shape index (κ2) is 7.14. The number of carboxylic acid groups (broad SMARTS) is 1. The summed E-state index contributed by atoms with van der Waals surface area (Å²) in [7, 11) is 0. The van der Waals surface area contributed by atoms with Crippen molar-refractivity contribution in [2.24, 2.45) is 5.73 Å². The molecule has 20 heavy (non-hydrogen) atoms. The van der Waals surface area contributed by atoms with Crippen LogP contribution >= 0.6 is 0 Å². The van der Waals surface area contributed by atoms with Crippen LogP contribution in [0.2, 0.25) is 0 Å². The molecule has 112 valence electrons. The summed E-state index contributed by atoms with van der Waals surface area (Å²) < 4.78 is 37.6. The van der Waals surface area contributed by atoms with Crippen LogP contribution in [-0.2, 0) is 12.6 Å². The van der Waals surface area contributed by atoms with E-state index in [1.807, 2.05) is 0 Å². The van der Waals surface area contributed by atoms with E-state index in [4.69, 9.17) is 10.8 Å². The molecule has 0 atom stereocenters. The lowest BCUT2D eigenvalue weighted by Crippen LogP contribution is -2.33. The van der Waals surface area contributed by atoms with Crippen molar-refractivity contribution in [1.29, 1.82) is 0 Å². The summed E-state index contributed by atoms with van der Waals surface area (Å²) in [4.78, 5) is 12.1. The van der Waals surface area contributed by atoms with Crippen molar-refractivity contribution >= 4 is 6.09 Å². The molecule has 0 fully saturated rings. The summed E-state index contributed by atoms with van der Waals surface area (Å²) in [5.41, 5.74) is 5.04. The maximum absolute atomic E-state index is 12.5. The monoisotopic (exact) mass is 290 g/mol. The first-order valence-corrected chi connectivity index (χ1v) is 6.18. The lowest BCUT2D eigenvalue weighted by molar-refractivity contribution is -0.137. The number of alkyl halides is 3. The summed E-state index contributed by atoms with van der Waals surface area (Å²) in [6.07, 6.45) is -4.72. The Labute approximate surface area is 115 Å². The smallest absolute Gasteiger partial charge is 0.416 e. The minimum absolute atomic E-state index is 0.149. The first-order valence-electron chi connectivity index (χ1n) is 6.18. The zero-order valence-corrected chi connectivity index (χ0v) is 10.9. The van der Waals surface area contributed by atoms with E-state index in [0.717, 1.165) is 17.0 Å². The summed E-state index contributed by atoms with van der Waals surface area (Å²) in [6, 6.07) is 4.91. The van der Waals surface area contributed by atoms with E-state index in [1.54, 1.807) is 6.07 Å². The minimum atomic E-state index is -4.39. The van der Waals surface area contributed by atoms with Gasteiger partial charge in [0, 0.05) is 13.1 Å². The third kappa shape index (κ3) is 5.08. The molecule has 0 aliphatic carbocycles. The van der Waals surface area contributed by atoms with Crippen molar-refractivity contribution < 1.29 is 23.1 Å². The lowest BCUT2D eigenvalue weighted by Gasteiger charge is -2.19. The molecule has 0 spiro atoms. The number of hydrogen-bond acceptors (Lipinski definition) is 2. The molecule has 0 unspecified atom stereocenters. The van der Waals surface area contributed by atoms with Crippen molar-refractivity contribution in [1.82, 2.24) is 4.90 Å². The maximum Gasteiger partial charge on any atom is 0.416 e. The average Bonchev–Trinajstić information content (AvgIpc) is 2.37. The van der Waals surface area contributed by atoms with Crippen molar-refractivity contribution in [3.63, 3.8) is 0 Å². The van der Waals surface area contributed by atoms with Gasteiger partial charge in [-0.3, -0.25) is 0 Å². The fourth-order valence-corrected chi connectivity index (χ4v) is 1.75. The third-order valence-electron chi connectivity index (χ3n) is 2.83. The molecular weight excluding hydrogens is 273 g/mol. The predicted molar refractivity (Wildman–Crippen MR) is 68.4 cm³/mol. The number of benzene rings is 1. The van der Waals surface area contributed by atoms with E-state index in [2.05, 4.69) is 0 Å². The molecule has 0 radical (unpaired) electrons. The number of amides is 1. The topological polar surface area (TPSA) is 66.6 Å². The van der Waals surface area contributed by atoms with Crippen LogP contribution < -0.4 is 5.73 Å². The van der Waals surface area contributed by atoms with Crippen LogP contribution in [0.4, 0.5) is 18.0 Å². The fraction of sp³-hybridized carbons (Fsp3) is 0.462. The zero-order valence-electron chi connectivity index (χ0n) is 10.9. The van der Waals surface area contributed by atoms with Gasteiger partial charge in [-0.15, -0.1) is 0 Å². The first kappa shape index (κ1) is 16.3. The van der Waals surface area contributed by atoms with Crippen molar-refractivity contribution in [3.05, 3.63) is 35.4 Å². The second-order valence-corrected chi connectivity index (χ2v) is 4.36. The van der Waals surface area contributed by atoms with E-state index in [0.29, 0.717) is 18.5 Å². The van der Waals surface area contributed by atoms with Crippen LogP contribution in [0, 0.1) is 0 Å². The molecule has 1 aromatic carbocycles. The molecule has 7 heteroatoms. The van der Waals surface area contributed by atoms with E-state index in [9.17, 15) is 18.0 Å². The second-order valence-electron chi connectivity index (χ2n) is 4.36. The Hall–Kier alpha value is -1.76. The van der Waals surface area contributed by atoms with Gasteiger partial charge in [0.2, 0.25) is 0 Å². The van der Waals surface area contributed by atoms with Crippen LogP contribution in [0.25, 0.3) is 0 Å². The molecule has 0 saturated carbocycles. The lowest BCUT2D eigenvalue weighted by atomic mass is 10.1. The van der Waals surface area contributed by atoms with Crippen LogP contribution in [0.15, 0.2) is 24.3 Å². The number of nitrogens with two attached hydrogens (primary N) is 1. The zero-order chi connectivity index (χ0) is 15.2. The molecule has 0 heterocycles. The van der Waals surface area contributed by atoms with Crippen LogP contribution in [-0.4, -0.2) is 35.7 Å². The molecule has 0 bridgehead atoms. The average molecular weight is 290 g/mol. The number of carbonyl (C=O) groups is 1. The van der Waals surface area contributed by atoms with Crippen molar-refractivity contribution in [2.75, 3.05) is 19.6 Å². The van der Waals surface area contributed by atoms with Gasteiger partial charge in [0.15, 0.2) is 0 Å². The molecule has 0 aliphatic heterocycles. The standard InChI is InChI=1S/C13H17F3N2O2/c14-13(15,16)11-4-1-3-10(9-11)5-8-18(12(19)20)7-2-6-17/h1,3-4,9H,2,5-8,17H2,(H,19,20). The highest BCUT2D eigenvalue weighted by atomic mass is 19.4. The largest absolute Gasteiger partial charge is 0.465 e. The molecule has 1 rings (SSSR count). The number of halogens is 3. The summed E-state index contributed by atoms with van der Waals surface area (Å²) in [5, 5.41) is 8.97. The Bertz CT molecular complexity index is 449. The molecule has 3 N–H and O–H groups in total. The van der Waals surface area contributed by atoms with Gasteiger partial charge < -0.3 is 15.7 Å². The molecule has 4 nitrogen and oxygen atoms in total. The van der Waals surface area contributed by atoms with Gasteiger partial charge in [-0.05, 0) is 31.0 Å². The Kier molecular flexibility index (Phi) is 5.82. The van der Waals surface area contributed by atoms with Crippen LogP contribution in [0.1, 0.15) is 17.5 Å².